The van der Waals surface area contributed by atoms with Gasteiger partial charge in [0.1, 0.15) is 5.88 Å². The van der Waals surface area contributed by atoms with Crippen LogP contribution in [0.2, 0.25) is 0 Å². The molecule has 3 heteroatoms. The van der Waals surface area contributed by atoms with Gasteiger partial charge in [-0.1, -0.05) is 54.6 Å². The summed E-state index contributed by atoms with van der Waals surface area (Å²) in [4.78, 5) is 14.3. The molecule has 2 unspecified atom stereocenters. The molecule has 0 radical (unpaired) electrons. The Kier molecular flexibility index (Phi) is 3.98. The van der Waals surface area contributed by atoms with Crippen molar-refractivity contribution in [3.05, 3.63) is 71.3 Å². The highest BCUT2D eigenvalue weighted by atomic mass is 35.5. The van der Waals surface area contributed by atoms with E-state index in [1.54, 1.807) is 0 Å². The van der Waals surface area contributed by atoms with Crippen LogP contribution in [-0.4, -0.2) is 16.7 Å². The van der Waals surface area contributed by atoms with Crippen LogP contribution >= 0.6 is 11.6 Å². The highest BCUT2D eigenvalue weighted by Crippen LogP contribution is 2.40. The predicted octanol–water partition coefficient (Wildman–Crippen LogP) is 4.11. The standard InChI is InChI=1S/C18H18ClNO/c1-13-16-10-6-5-9-15(16)11-17(20(13)18(21)12-19)14-7-3-2-4-8-14/h2-10,13,17H,11-12H2,1H3. The predicted molar refractivity (Wildman–Crippen MR) is 85.3 cm³/mol. The number of hydrogen-bond donors (Lipinski definition) is 0. The van der Waals surface area contributed by atoms with E-state index in [9.17, 15) is 4.79 Å². The first-order chi connectivity index (χ1) is 10.2. The van der Waals surface area contributed by atoms with E-state index in [-0.39, 0.29) is 23.9 Å². The second-order valence-electron chi connectivity index (χ2n) is 5.44. The SMILES string of the molecule is CC1c2ccccc2CC(c2ccccc2)N1C(=O)CCl. The molecule has 0 bridgehead atoms. The Hall–Kier alpha value is -1.80. The molecule has 2 aromatic carbocycles. The van der Waals surface area contributed by atoms with Gasteiger partial charge in [0.2, 0.25) is 5.91 Å². The van der Waals surface area contributed by atoms with E-state index in [1.165, 1.54) is 11.1 Å². The van der Waals surface area contributed by atoms with Crippen LogP contribution in [0.4, 0.5) is 0 Å². The minimum atomic E-state index is -0.00692. The van der Waals surface area contributed by atoms with Crippen LogP contribution in [0.15, 0.2) is 54.6 Å². The van der Waals surface area contributed by atoms with Crippen LogP contribution in [0, 0.1) is 0 Å². The van der Waals surface area contributed by atoms with Crippen molar-refractivity contribution in [2.24, 2.45) is 0 Å². The van der Waals surface area contributed by atoms with Gasteiger partial charge in [-0.2, -0.15) is 0 Å². The number of amides is 1. The Balaban J connectivity index is 2.07. The lowest BCUT2D eigenvalue weighted by Crippen LogP contribution is -2.42. The Labute approximate surface area is 130 Å². The fourth-order valence-electron chi connectivity index (χ4n) is 3.27. The highest BCUT2D eigenvalue weighted by molar-refractivity contribution is 6.27. The molecule has 108 valence electrons. The third kappa shape index (κ3) is 2.56. The summed E-state index contributed by atoms with van der Waals surface area (Å²) in [5.41, 5.74) is 3.71. The Morgan fingerprint density at radius 2 is 1.81 bits per heavy atom. The molecule has 0 fully saturated rings. The second kappa shape index (κ2) is 5.90. The van der Waals surface area contributed by atoms with Gasteiger partial charge in [0, 0.05) is 0 Å². The fourth-order valence-corrected chi connectivity index (χ4v) is 3.40. The van der Waals surface area contributed by atoms with Crippen molar-refractivity contribution < 1.29 is 4.79 Å². The highest BCUT2D eigenvalue weighted by Gasteiger charge is 2.35. The summed E-state index contributed by atoms with van der Waals surface area (Å²) in [6.45, 7) is 2.08. The molecular weight excluding hydrogens is 282 g/mol. The summed E-state index contributed by atoms with van der Waals surface area (Å²) in [5, 5.41) is 0. The van der Waals surface area contributed by atoms with Gasteiger partial charge in [-0.25, -0.2) is 0 Å². The second-order valence-corrected chi connectivity index (χ2v) is 5.71. The molecule has 2 aromatic rings. The van der Waals surface area contributed by atoms with E-state index in [1.807, 2.05) is 29.2 Å². The molecule has 0 N–H and O–H groups in total. The lowest BCUT2D eigenvalue weighted by molar-refractivity contribution is -0.134. The first-order valence-electron chi connectivity index (χ1n) is 7.22. The maximum Gasteiger partial charge on any atom is 0.238 e. The van der Waals surface area contributed by atoms with E-state index >= 15 is 0 Å². The summed E-state index contributed by atoms with van der Waals surface area (Å²) >= 11 is 5.84. The topological polar surface area (TPSA) is 20.3 Å². The van der Waals surface area contributed by atoms with Gasteiger partial charge in [-0.3, -0.25) is 4.79 Å². The molecule has 3 rings (SSSR count). The van der Waals surface area contributed by atoms with Crippen LogP contribution in [0.5, 0.6) is 0 Å². The average Bonchev–Trinajstić information content (AvgIpc) is 2.55. The van der Waals surface area contributed by atoms with Crippen molar-refractivity contribution >= 4 is 17.5 Å². The number of carbonyl (C=O) groups is 1. The molecule has 1 amide bonds. The van der Waals surface area contributed by atoms with Gasteiger partial charge in [-0.15, -0.1) is 11.6 Å². The van der Waals surface area contributed by atoms with Crippen LogP contribution in [0.3, 0.4) is 0 Å². The Morgan fingerprint density at radius 1 is 1.14 bits per heavy atom. The van der Waals surface area contributed by atoms with Crippen molar-refractivity contribution in [1.29, 1.82) is 0 Å². The van der Waals surface area contributed by atoms with Gasteiger partial charge in [0.15, 0.2) is 0 Å². The summed E-state index contributed by atoms with van der Waals surface area (Å²) in [6, 6.07) is 18.7. The van der Waals surface area contributed by atoms with Gasteiger partial charge in [0.05, 0.1) is 12.1 Å². The zero-order valence-corrected chi connectivity index (χ0v) is 12.8. The monoisotopic (exact) mass is 299 g/mol. The van der Waals surface area contributed by atoms with Gasteiger partial charge in [-0.05, 0) is 30.0 Å². The number of benzene rings is 2. The quantitative estimate of drug-likeness (QED) is 0.764. The van der Waals surface area contributed by atoms with Crippen LogP contribution in [0.1, 0.15) is 35.7 Å². The minimum Gasteiger partial charge on any atom is -0.328 e. The van der Waals surface area contributed by atoms with Crippen molar-refractivity contribution in [3.63, 3.8) is 0 Å². The normalized spacial score (nSPS) is 21.0. The number of rotatable bonds is 2. The minimum absolute atomic E-state index is 0.00692. The number of alkyl halides is 1. The van der Waals surface area contributed by atoms with E-state index in [0.717, 1.165) is 12.0 Å². The lowest BCUT2D eigenvalue weighted by Gasteiger charge is -2.42. The number of halogens is 1. The largest absolute Gasteiger partial charge is 0.328 e. The van der Waals surface area contributed by atoms with Crippen molar-refractivity contribution in [2.75, 3.05) is 5.88 Å². The molecular formula is C18H18ClNO. The molecule has 1 aliphatic rings. The molecule has 2 nitrogen and oxygen atoms in total. The maximum absolute atomic E-state index is 12.4. The molecule has 0 saturated heterocycles. The Morgan fingerprint density at radius 3 is 2.52 bits per heavy atom. The summed E-state index contributed by atoms with van der Waals surface area (Å²) < 4.78 is 0. The molecule has 0 aliphatic carbocycles. The van der Waals surface area contributed by atoms with Gasteiger partial charge < -0.3 is 4.90 Å². The summed E-state index contributed by atoms with van der Waals surface area (Å²) in [5.74, 6) is 0.0167. The number of hydrogen-bond acceptors (Lipinski definition) is 1. The number of fused-ring (bicyclic) bond motifs is 1. The third-order valence-corrected chi connectivity index (χ3v) is 4.49. The molecule has 1 aliphatic heterocycles. The van der Waals surface area contributed by atoms with E-state index in [4.69, 9.17) is 11.6 Å². The lowest BCUT2D eigenvalue weighted by atomic mass is 9.86. The molecule has 0 spiro atoms. The smallest absolute Gasteiger partial charge is 0.238 e. The zero-order chi connectivity index (χ0) is 14.8. The first-order valence-corrected chi connectivity index (χ1v) is 7.75. The fraction of sp³-hybridized carbons (Fsp3) is 0.278. The number of nitrogens with zero attached hydrogens (tertiary/aromatic N) is 1. The molecule has 0 aromatic heterocycles. The van der Waals surface area contributed by atoms with Crippen LogP contribution in [0.25, 0.3) is 0 Å². The van der Waals surface area contributed by atoms with Crippen LogP contribution < -0.4 is 0 Å². The summed E-state index contributed by atoms with van der Waals surface area (Å²) in [7, 11) is 0. The zero-order valence-electron chi connectivity index (χ0n) is 12.0. The van der Waals surface area contributed by atoms with Crippen molar-refractivity contribution in [3.8, 4) is 0 Å². The van der Waals surface area contributed by atoms with Crippen molar-refractivity contribution in [1.82, 2.24) is 4.90 Å². The van der Waals surface area contributed by atoms with Gasteiger partial charge in [0.25, 0.3) is 0 Å². The summed E-state index contributed by atoms with van der Waals surface area (Å²) in [6.07, 6.45) is 0.840. The third-order valence-electron chi connectivity index (χ3n) is 4.26. The molecule has 21 heavy (non-hydrogen) atoms. The van der Waals surface area contributed by atoms with E-state index in [2.05, 4.69) is 37.3 Å². The van der Waals surface area contributed by atoms with Crippen molar-refractivity contribution in [2.45, 2.75) is 25.4 Å². The van der Waals surface area contributed by atoms with Gasteiger partial charge >= 0.3 is 0 Å². The Bertz CT molecular complexity index is 641. The molecule has 2 atom stereocenters. The molecule has 1 heterocycles. The van der Waals surface area contributed by atoms with Crippen LogP contribution in [-0.2, 0) is 11.2 Å². The average molecular weight is 300 g/mol. The maximum atomic E-state index is 12.4. The van der Waals surface area contributed by atoms with E-state index in [0.29, 0.717) is 0 Å². The molecule has 0 saturated carbocycles. The van der Waals surface area contributed by atoms with E-state index < -0.39 is 0 Å². The number of carbonyl (C=O) groups excluding carboxylic acids is 1. The first kappa shape index (κ1) is 14.2.